The maximum absolute atomic E-state index is 12.9. The molecule has 0 aliphatic heterocycles. The van der Waals surface area contributed by atoms with Crippen molar-refractivity contribution in [3.05, 3.63) is 108 Å². The number of carboxylic acid groups (broad SMARTS) is 1. The van der Waals surface area contributed by atoms with Gasteiger partial charge in [-0.1, -0.05) is 29.4 Å². The van der Waals surface area contributed by atoms with Gasteiger partial charge in [-0.15, -0.1) is 0 Å². The molecule has 192 valence electrons. The summed E-state index contributed by atoms with van der Waals surface area (Å²) >= 11 is 0. The third kappa shape index (κ3) is 6.18. The predicted octanol–water partition coefficient (Wildman–Crippen LogP) is 5.71. The van der Waals surface area contributed by atoms with Gasteiger partial charge in [-0.25, -0.2) is 8.42 Å². The van der Waals surface area contributed by atoms with Crippen molar-refractivity contribution >= 4 is 15.8 Å². The van der Waals surface area contributed by atoms with Gasteiger partial charge in [0.1, 0.15) is 18.6 Å². The van der Waals surface area contributed by atoms with Crippen LogP contribution in [0, 0.1) is 0 Å². The Balaban J connectivity index is 1.46. The highest BCUT2D eigenvalue weighted by Crippen LogP contribution is 2.31. The van der Waals surface area contributed by atoms with Crippen LogP contribution in [-0.2, 0) is 27.4 Å². The molecule has 1 aromatic heterocycles. The maximum atomic E-state index is 12.9. The largest absolute Gasteiger partial charge is 0.489 e. The minimum absolute atomic E-state index is 0.0254. The molecule has 7 nitrogen and oxygen atoms in total. The molecule has 0 bridgehead atoms. The molecule has 4 aromatic rings. The second-order valence-corrected chi connectivity index (χ2v) is 10.1. The molecule has 0 saturated heterocycles. The zero-order valence-corrected chi connectivity index (χ0v) is 19.9. The molecular formula is C26H20F3NO6S. The Labute approximate surface area is 210 Å². The van der Waals surface area contributed by atoms with Crippen molar-refractivity contribution in [2.75, 3.05) is 0 Å². The van der Waals surface area contributed by atoms with Gasteiger partial charge >= 0.3 is 12.1 Å². The van der Waals surface area contributed by atoms with Crippen LogP contribution in [0.25, 0.3) is 0 Å². The van der Waals surface area contributed by atoms with Crippen LogP contribution in [0.5, 0.6) is 5.75 Å². The third-order valence-electron chi connectivity index (χ3n) is 5.58. The Kier molecular flexibility index (Phi) is 7.35. The van der Waals surface area contributed by atoms with Gasteiger partial charge in [0.05, 0.1) is 27.5 Å². The number of alkyl halides is 3. The Morgan fingerprint density at radius 1 is 0.973 bits per heavy atom. The molecule has 11 heteroatoms. The number of benzene rings is 3. The molecule has 37 heavy (non-hydrogen) atoms. The van der Waals surface area contributed by atoms with Crippen LogP contribution in [0.3, 0.4) is 0 Å². The Bertz CT molecular complexity index is 1470. The monoisotopic (exact) mass is 531 g/mol. The van der Waals surface area contributed by atoms with E-state index in [9.17, 15) is 31.5 Å². The zero-order chi connectivity index (χ0) is 26.6. The topological polar surface area (TPSA) is 107 Å². The van der Waals surface area contributed by atoms with Gasteiger partial charge in [-0.2, -0.15) is 13.2 Å². The first-order valence-corrected chi connectivity index (χ1v) is 12.4. The van der Waals surface area contributed by atoms with Gasteiger partial charge in [0, 0.05) is 12.0 Å². The van der Waals surface area contributed by atoms with E-state index < -0.39 is 33.5 Å². The summed E-state index contributed by atoms with van der Waals surface area (Å²) in [6.45, 7) is 0.0254. The fraction of sp³-hybridized carbons (Fsp3) is 0.154. The summed E-state index contributed by atoms with van der Waals surface area (Å²) in [5, 5.41) is 13.1. The number of carboxylic acids is 1. The molecule has 0 aliphatic rings. The van der Waals surface area contributed by atoms with Crippen LogP contribution >= 0.6 is 0 Å². The molecule has 1 N–H and O–H groups in total. The number of aliphatic carboxylic acids is 1. The summed E-state index contributed by atoms with van der Waals surface area (Å²) in [6.07, 6.45) is -3.37. The lowest BCUT2D eigenvalue weighted by Gasteiger charge is -2.14. The molecule has 3 aromatic carbocycles. The van der Waals surface area contributed by atoms with Crippen molar-refractivity contribution in [1.82, 2.24) is 5.16 Å². The Morgan fingerprint density at radius 3 is 2.27 bits per heavy atom. The lowest BCUT2D eigenvalue weighted by molar-refractivity contribution is -0.138. The first-order chi connectivity index (χ1) is 17.5. The van der Waals surface area contributed by atoms with E-state index in [4.69, 9.17) is 9.26 Å². The molecule has 1 atom stereocenters. The number of hydrogen-bond donors (Lipinski definition) is 1. The normalized spacial score (nSPS) is 12.7. The lowest BCUT2D eigenvalue weighted by Crippen LogP contribution is -2.08. The smallest absolute Gasteiger partial charge is 0.416 e. The Morgan fingerprint density at radius 2 is 1.68 bits per heavy atom. The van der Waals surface area contributed by atoms with Crippen LogP contribution in [0.15, 0.2) is 99.4 Å². The minimum Gasteiger partial charge on any atom is -0.489 e. The van der Waals surface area contributed by atoms with E-state index in [0.717, 1.165) is 24.3 Å². The van der Waals surface area contributed by atoms with Crippen LogP contribution in [0.4, 0.5) is 13.2 Å². The number of rotatable bonds is 9. The number of hydrogen-bond acceptors (Lipinski definition) is 6. The zero-order valence-electron chi connectivity index (χ0n) is 19.1. The van der Waals surface area contributed by atoms with Gasteiger partial charge in [-0.05, 0) is 59.7 Å². The Hall–Kier alpha value is -4.12. The quantitative estimate of drug-likeness (QED) is 0.295. The second-order valence-electron chi connectivity index (χ2n) is 8.11. The number of aromatic nitrogens is 1. The predicted molar refractivity (Wildman–Crippen MR) is 125 cm³/mol. The van der Waals surface area contributed by atoms with Crippen molar-refractivity contribution in [2.45, 2.75) is 34.9 Å². The van der Waals surface area contributed by atoms with E-state index in [1.54, 1.807) is 36.4 Å². The van der Waals surface area contributed by atoms with E-state index >= 15 is 0 Å². The van der Waals surface area contributed by atoms with Gasteiger partial charge in [-0.3, -0.25) is 4.79 Å². The summed E-state index contributed by atoms with van der Waals surface area (Å²) in [5.74, 6) is -1.02. The fourth-order valence-electron chi connectivity index (χ4n) is 3.69. The van der Waals surface area contributed by atoms with Gasteiger partial charge < -0.3 is 14.4 Å². The number of sulfone groups is 1. The second kappa shape index (κ2) is 10.5. The van der Waals surface area contributed by atoms with Crippen LogP contribution in [-0.4, -0.2) is 24.7 Å². The average molecular weight is 532 g/mol. The van der Waals surface area contributed by atoms with Crippen LogP contribution in [0.2, 0.25) is 0 Å². The molecule has 1 heterocycles. The highest BCUT2D eigenvalue weighted by Gasteiger charge is 2.31. The number of nitrogens with zero attached hydrogens (tertiary/aromatic N) is 1. The molecule has 0 amide bonds. The van der Waals surface area contributed by atoms with Gasteiger partial charge in [0.25, 0.3) is 0 Å². The average Bonchev–Trinajstić information content (AvgIpc) is 3.41. The molecule has 0 radical (unpaired) electrons. The molecule has 0 aliphatic carbocycles. The first kappa shape index (κ1) is 26.0. The van der Waals surface area contributed by atoms with E-state index in [-0.39, 0.29) is 22.8 Å². The molecular weight excluding hydrogens is 511 g/mol. The molecule has 4 rings (SSSR count). The van der Waals surface area contributed by atoms with Crippen molar-refractivity contribution in [1.29, 1.82) is 0 Å². The first-order valence-electron chi connectivity index (χ1n) is 10.9. The van der Waals surface area contributed by atoms with Crippen LogP contribution < -0.4 is 4.74 Å². The summed E-state index contributed by atoms with van der Waals surface area (Å²) < 4.78 is 74.8. The number of ether oxygens (including phenoxy) is 1. The van der Waals surface area contributed by atoms with Crippen molar-refractivity contribution in [2.24, 2.45) is 0 Å². The summed E-state index contributed by atoms with van der Waals surface area (Å²) in [5.41, 5.74) is 0.786. The molecule has 0 unspecified atom stereocenters. The summed E-state index contributed by atoms with van der Waals surface area (Å²) in [6, 6.07) is 17.6. The van der Waals surface area contributed by atoms with Crippen molar-refractivity contribution in [3.63, 3.8) is 0 Å². The third-order valence-corrected chi connectivity index (χ3v) is 7.35. The van der Waals surface area contributed by atoms with Crippen molar-refractivity contribution in [3.8, 4) is 5.75 Å². The number of halogens is 3. The molecule has 0 fully saturated rings. The standard InChI is InChI=1S/C26H20F3NO6S/c27-26(28,29)19-6-10-21(11-7-19)37(33,34)22-3-1-2-17(14-22)16-35-20-8-4-18(5-9-20)23(15-25(31)32)24-12-13-36-30-24/h1-14,23H,15-16H2,(H,31,32)/t23-/m0/s1. The van der Waals surface area contributed by atoms with Gasteiger partial charge in [0.2, 0.25) is 9.84 Å². The maximum Gasteiger partial charge on any atom is 0.416 e. The highest BCUT2D eigenvalue weighted by atomic mass is 32.2. The van der Waals surface area contributed by atoms with E-state index in [1.165, 1.54) is 24.5 Å². The van der Waals surface area contributed by atoms with Crippen LogP contribution in [0.1, 0.15) is 34.7 Å². The summed E-state index contributed by atoms with van der Waals surface area (Å²) in [4.78, 5) is 10.9. The van der Waals surface area contributed by atoms with E-state index in [2.05, 4.69) is 5.16 Å². The molecule has 0 spiro atoms. The van der Waals surface area contributed by atoms with E-state index in [0.29, 0.717) is 22.6 Å². The minimum atomic E-state index is -4.56. The lowest BCUT2D eigenvalue weighted by atomic mass is 9.92. The van der Waals surface area contributed by atoms with Crippen molar-refractivity contribution < 1.29 is 40.8 Å². The molecule has 0 saturated carbocycles. The number of carbonyl (C=O) groups is 1. The highest BCUT2D eigenvalue weighted by molar-refractivity contribution is 7.91. The summed E-state index contributed by atoms with van der Waals surface area (Å²) in [7, 11) is -4.04. The van der Waals surface area contributed by atoms with E-state index in [1.807, 2.05) is 0 Å². The van der Waals surface area contributed by atoms with Gasteiger partial charge in [0.15, 0.2) is 0 Å². The fourth-order valence-corrected chi connectivity index (χ4v) is 5.02. The SMILES string of the molecule is O=C(O)C[C@@H](c1ccc(OCc2cccc(S(=O)(=O)c3ccc(C(F)(F)F)cc3)c2)cc1)c1ccon1.